The normalized spacial score (nSPS) is 24.8. The third-order valence-corrected chi connectivity index (χ3v) is 3.50. The minimum Gasteiger partial charge on any atom is -0.393 e. The number of nitrogens with zero attached hydrogens (tertiary/aromatic N) is 1. The first-order chi connectivity index (χ1) is 8.34. The minimum atomic E-state index is -0.0612. The van der Waals surface area contributed by atoms with E-state index >= 15 is 0 Å². The SMILES string of the molecule is OC1CCCC(CNCCc2cccnc2)C1. The van der Waals surface area contributed by atoms with Gasteiger partial charge in [-0.25, -0.2) is 0 Å². The topological polar surface area (TPSA) is 45.1 Å². The van der Waals surface area contributed by atoms with E-state index < -0.39 is 0 Å². The van der Waals surface area contributed by atoms with Gasteiger partial charge < -0.3 is 10.4 Å². The van der Waals surface area contributed by atoms with Crippen LogP contribution in [0.1, 0.15) is 31.2 Å². The molecule has 1 aliphatic carbocycles. The number of rotatable bonds is 5. The summed E-state index contributed by atoms with van der Waals surface area (Å²) in [6, 6.07) is 4.09. The number of hydrogen-bond donors (Lipinski definition) is 2. The van der Waals surface area contributed by atoms with Crippen LogP contribution in [-0.2, 0) is 6.42 Å². The molecular weight excluding hydrogens is 212 g/mol. The van der Waals surface area contributed by atoms with Crippen molar-refractivity contribution < 1.29 is 5.11 Å². The second kappa shape index (κ2) is 6.72. The van der Waals surface area contributed by atoms with Gasteiger partial charge >= 0.3 is 0 Å². The quantitative estimate of drug-likeness (QED) is 0.763. The first-order valence-electron chi connectivity index (χ1n) is 6.62. The van der Waals surface area contributed by atoms with Crippen molar-refractivity contribution >= 4 is 0 Å². The molecule has 0 bridgehead atoms. The van der Waals surface area contributed by atoms with Gasteiger partial charge in [0.05, 0.1) is 6.10 Å². The summed E-state index contributed by atoms with van der Waals surface area (Å²) in [7, 11) is 0. The van der Waals surface area contributed by atoms with E-state index in [4.69, 9.17) is 0 Å². The Labute approximate surface area is 103 Å². The lowest BCUT2D eigenvalue weighted by Gasteiger charge is -2.25. The van der Waals surface area contributed by atoms with Gasteiger partial charge in [-0.3, -0.25) is 4.98 Å². The van der Waals surface area contributed by atoms with Gasteiger partial charge in [0, 0.05) is 12.4 Å². The maximum absolute atomic E-state index is 9.58. The zero-order valence-corrected chi connectivity index (χ0v) is 10.3. The molecule has 1 heterocycles. The van der Waals surface area contributed by atoms with Crippen molar-refractivity contribution in [3.8, 4) is 0 Å². The Balaban J connectivity index is 1.60. The summed E-state index contributed by atoms with van der Waals surface area (Å²) in [5, 5.41) is 13.1. The second-order valence-corrected chi connectivity index (χ2v) is 5.00. The number of pyridine rings is 1. The highest BCUT2D eigenvalue weighted by atomic mass is 16.3. The first-order valence-corrected chi connectivity index (χ1v) is 6.62. The van der Waals surface area contributed by atoms with Crippen LogP contribution in [0.25, 0.3) is 0 Å². The van der Waals surface area contributed by atoms with Crippen LogP contribution in [0.15, 0.2) is 24.5 Å². The van der Waals surface area contributed by atoms with Crippen molar-refractivity contribution in [3.05, 3.63) is 30.1 Å². The Bertz CT molecular complexity index is 315. The molecule has 0 amide bonds. The molecule has 1 fully saturated rings. The molecule has 1 saturated carbocycles. The number of aromatic nitrogens is 1. The second-order valence-electron chi connectivity index (χ2n) is 5.00. The van der Waals surface area contributed by atoms with Crippen molar-refractivity contribution in [2.24, 2.45) is 5.92 Å². The lowest BCUT2D eigenvalue weighted by molar-refractivity contribution is 0.101. The number of hydrogen-bond acceptors (Lipinski definition) is 3. The van der Waals surface area contributed by atoms with E-state index in [0.717, 1.165) is 32.4 Å². The maximum atomic E-state index is 9.58. The standard InChI is InChI=1S/C14H22N2O/c17-14-5-1-3-13(9-14)11-16-8-6-12-4-2-7-15-10-12/h2,4,7,10,13-14,16-17H,1,3,5-6,8-9,11H2. The molecular formula is C14H22N2O. The number of aliphatic hydroxyl groups excluding tert-OH is 1. The van der Waals surface area contributed by atoms with Crippen molar-refractivity contribution in [3.63, 3.8) is 0 Å². The summed E-state index contributed by atoms with van der Waals surface area (Å²) in [4.78, 5) is 4.10. The van der Waals surface area contributed by atoms with E-state index in [1.54, 1.807) is 6.20 Å². The Kier molecular flexibility index (Phi) is 4.95. The van der Waals surface area contributed by atoms with Gasteiger partial charge in [0.2, 0.25) is 0 Å². The van der Waals surface area contributed by atoms with E-state index in [0.29, 0.717) is 5.92 Å². The maximum Gasteiger partial charge on any atom is 0.0543 e. The molecule has 3 heteroatoms. The summed E-state index contributed by atoms with van der Waals surface area (Å²) in [6.45, 7) is 2.04. The highest BCUT2D eigenvalue weighted by molar-refractivity contribution is 5.08. The van der Waals surface area contributed by atoms with E-state index in [9.17, 15) is 5.11 Å². The monoisotopic (exact) mass is 234 g/mol. The predicted octanol–water partition coefficient (Wildman–Crippen LogP) is 1.76. The molecule has 0 aromatic carbocycles. The van der Waals surface area contributed by atoms with E-state index in [2.05, 4.69) is 16.4 Å². The zero-order chi connectivity index (χ0) is 11.9. The largest absolute Gasteiger partial charge is 0.393 e. The van der Waals surface area contributed by atoms with Crippen LogP contribution in [0.2, 0.25) is 0 Å². The van der Waals surface area contributed by atoms with Gasteiger partial charge in [-0.15, -0.1) is 0 Å². The number of nitrogens with one attached hydrogen (secondary N) is 1. The van der Waals surface area contributed by atoms with Crippen LogP contribution in [0.4, 0.5) is 0 Å². The fraction of sp³-hybridized carbons (Fsp3) is 0.643. The van der Waals surface area contributed by atoms with Gasteiger partial charge in [0.15, 0.2) is 0 Å². The van der Waals surface area contributed by atoms with Crippen LogP contribution in [0.5, 0.6) is 0 Å². The molecule has 2 unspecified atom stereocenters. The molecule has 0 aliphatic heterocycles. The van der Waals surface area contributed by atoms with Gasteiger partial charge in [-0.1, -0.05) is 12.5 Å². The highest BCUT2D eigenvalue weighted by Gasteiger charge is 2.19. The Morgan fingerprint density at radius 1 is 1.41 bits per heavy atom. The van der Waals surface area contributed by atoms with Crippen LogP contribution < -0.4 is 5.32 Å². The average Bonchev–Trinajstić information content (AvgIpc) is 2.36. The third-order valence-electron chi connectivity index (χ3n) is 3.50. The smallest absolute Gasteiger partial charge is 0.0543 e. The van der Waals surface area contributed by atoms with Crippen LogP contribution in [0, 0.1) is 5.92 Å². The van der Waals surface area contributed by atoms with E-state index in [-0.39, 0.29) is 6.10 Å². The van der Waals surface area contributed by atoms with Crippen molar-refractivity contribution in [1.82, 2.24) is 10.3 Å². The average molecular weight is 234 g/mol. The molecule has 1 aliphatic rings. The molecule has 1 aromatic heterocycles. The Hall–Kier alpha value is -0.930. The summed E-state index contributed by atoms with van der Waals surface area (Å²) >= 11 is 0. The predicted molar refractivity (Wildman–Crippen MR) is 68.8 cm³/mol. The van der Waals surface area contributed by atoms with Gasteiger partial charge in [-0.2, -0.15) is 0 Å². The van der Waals surface area contributed by atoms with Gasteiger partial charge in [-0.05, 0) is 56.3 Å². The zero-order valence-electron chi connectivity index (χ0n) is 10.3. The van der Waals surface area contributed by atoms with E-state index in [1.807, 2.05) is 12.3 Å². The molecule has 0 radical (unpaired) electrons. The van der Waals surface area contributed by atoms with Crippen LogP contribution >= 0.6 is 0 Å². The molecule has 3 nitrogen and oxygen atoms in total. The highest BCUT2D eigenvalue weighted by Crippen LogP contribution is 2.23. The third kappa shape index (κ3) is 4.44. The van der Waals surface area contributed by atoms with Crippen molar-refractivity contribution in [1.29, 1.82) is 0 Å². The summed E-state index contributed by atoms with van der Waals surface area (Å²) in [6.07, 6.45) is 9.10. The molecule has 0 spiro atoms. The van der Waals surface area contributed by atoms with Crippen molar-refractivity contribution in [2.45, 2.75) is 38.2 Å². The molecule has 17 heavy (non-hydrogen) atoms. The minimum absolute atomic E-state index is 0.0612. The van der Waals surface area contributed by atoms with E-state index in [1.165, 1.54) is 18.4 Å². The first kappa shape index (κ1) is 12.5. The molecule has 2 atom stereocenters. The van der Waals surface area contributed by atoms with Crippen molar-refractivity contribution in [2.75, 3.05) is 13.1 Å². The Morgan fingerprint density at radius 2 is 2.35 bits per heavy atom. The molecule has 1 aromatic rings. The Morgan fingerprint density at radius 3 is 3.12 bits per heavy atom. The molecule has 2 rings (SSSR count). The fourth-order valence-corrected chi connectivity index (χ4v) is 2.53. The van der Waals surface area contributed by atoms with Crippen LogP contribution in [0.3, 0.4) is 0 Å². The van der Waals surface area contributed by atoms with Crippen LogP contribution in [-0.4, -0.2) is 29.3 Å². The molecule has 94 valence electrons. The summed E-state index contributed by atoms with van der Waals surface area (Å²) in [5.41, 5.74) is 1.28. The van der Waals surface area contributed by atoms with Gasteiger partial charge in [0.25, 0.3) is 0 Å². The molecule has 2 N–H and O–H groups in total. The summed E-state index contributed by atoms with van der Waals surface area (Å²) in [5.74, 6) is 0.660. The lowest BCUT2D eigenvalue weighted by atomic mass is 9.87. The summed E-state index contributed by atoms with van der Waals surface area (Å²) < 4.78 is 0. The number of aliphatic hydroxyl groups is 1. The molecule has 0 saturated heterocycles. The lowest BCUT2D eigenvalue weighted by Crippen LogP contribution is -2.30. The van der Waals surface area contributed by atoms with Gasteiger partial charge in [0.1, 0.15) is 0 Å². The fourth-order valence-electron chi connectivity index (χ4n) is 2.53.